The molecule has 222 valence electrons. The van der Waals surface area contributed by atoms with Gasteiger partial charge in [0.25, 0.3) is 0 Å². The molecule has 2 aromatic heterocycles. The second-order valence-electron chi connectivity index (χ2n) is 12.0. The molecule has 0 fully saturated rings. The molecule has 0 aliphatic rings. The van der Waals surface area contributed by atoms with Crippen LogP contribution in [0, 0.1) is 22.7 Å². The molecular formula is C44H26N4. The van der Waals surface area contributed by atoms with Crippen molar-refractivity contribution in [2.24, 2.45) is 0 Å². The highest BCUT2D eigenvalue weighted by atomic mass is 15.0. The number of nitriles is 2. The van der Waals surface area contributed by atoms with Crippen LogP contribution in [0.4, 0.5) is 0 Å². The van der Waals surface area contributed by atoms with Crippen molar-refractivity contribution in [1.29, 1.82) is 10.5 Å². The van der Waals surface area contributed by atoms with Crippen molar-refractivity contribution < 1.29 is 0 Å². The summed E-state index contributed by atoms with van der Waals surface area (Å²) in [7, 11) is 0. The van der Waals surface area contributed by atoms with Crippen LogP contribution in [0.5, 0.6) is 0 Å². The molecule has 0 spiro atoms. The molecule has 48 heavy (non-hydrogen) atoms. The minimum absolute atomic E-state index is 0.462. The molecule has 2 heterocycles. The summed E-state index contributed by atoms with van der Waals surface area (Å²) in [5.41, 5.74) is 11.3. The van der Waals surface area contributed by atoms with Crippen molar-refractivity contribution in [1.82, 2.24) is 9.13 Å². The van der Waals surface area contributed by atoms with E-state index >= 15 is 0 Å². The highest BCUT2D eigenvalue weighted by Gasteiger charge is 2.23. The number of aromatic nitrogens is 2. The third kappa shape index (κ3) is 4.07. The van der Waals surface area contributed by atoms with Gasteiger partial charge >= 0.3 is 0 Å². The predicted octanol–water partition coefficient (Wildman–Crippen LogP) is 11.0. The maximum atomic E-state index is 10.2. The smallest absolute Gasteiger partial charge is 0.101 e. The molecule has 0 bridgehead atoms. The summed E-state index contributed by atoms with van der Waals surface area (Å²) in [6.45, 7) is 0. The monoisotopic (exact) mass is 610 g/mol. The first-order valence-electron chi connectivity index (χ1n) is 15.9. The van der Waals surface area contributed by atoms with Crippen LogP contribution in [-0.2, 0) is 0 Å². The Morgan fingerprint density at radius 2 is 0.958 bits per heavy atom. The first kappa shape index (κ1) is 27.4. The van der Waals surface area contributed by atoms with Gasteiger partial charge in [0.1, 0.15) is 12.1 Å². The van der Waals surface area contributed by atoms with Gasteiger partial charge in [-0.1, -0.05) is 115 Å². The SMILES string of the molecule is N#Cc1cccc(C#N)c1-n1c2ccccc2c2ccc3c(c4ccccc4n3-c3cccc(-c4ccc(-c5ccccc5)cc4)c3)c21. The minimum atomic E-state index is 0.462. The van der Waals surface area contributed by atoms with Crippen molar-refractivity contribution in [3.8, 4) is 45.8 Å². The van der Waals surface area contributed by atoms with E-state index in [9.17, 15) is 10.5 Å². The molecule has 0 aliphatic carbocycles. The average Bonchev–Trinajstić information content (AvgIpc) is 3.67. The minimum Gasteiger partial charge on any atom is -0.309 e. The molecule has 0 N–H and O–H groups in total. The molecule has 9 aromatic rings. The van der Waals surface area contributed by atoms with Gasteiger partial charge in [-0.2, -0.15) is 10.5 Å². The van der Waals surface area contributed by atoms with Crippen LogP contribution in [-0.4, -0.2) is 9.13 Å². The van der Waals surface area contributed by atoms with Gasteiger partial charge in [-0.05, 0) is 64.7 Å². The lowest BCUT2D eigenvalue weighted by molar-refractivity contribution is 1.16. The zero-order valence-corrected chi connectivity index (χ0v) is 25.8. The lowest BCUT2D eigenvalue weighted by atomic mass is 10.00. The molecular weight excluding hydrogens is 585 g/mol. The number of nitrogens with zero attached hydrogens (tertiary/aromatic N) is 4. The highest BCUT2D eigenvalue weighted by Crippen LogP contribution is 2.43. The van der Waals surface area contributed by atoms with Crippen molar-refractivity contribution in [3.05, 3.63) is 169 Å². The summed E-state index contributed by atoms with van der Waals surface area (Å²) in [5, 5.41) is 24.8. The highest BCUT2D eigenvalue weighted by molar-refractivity contribution is 6.26. The molecule has 4 heteroatoms. The molecule has 9 rings (SSSR count). The fourth-order valence-electron chi connectivity index (χ4n) is 7.29. The Bertz CT molecular complexity index is 2750. The summed E-state index contributed by atoms with van der Waals surface area (Å²) in [6.07, 6.45) is 0. The Hall–Kier alpha value is -6.88. The summed E-state index contributed by atoms with van der Waals surface area (Å²) >= 11 is 0. The number of rotatable bonds is 4. The zero-order valence-electron chi connectivity index (χ0n) is 25.8. The second-order valence-corrected chi connectivity index (χ2v) is 12.0. The average molecular weight is 611 g/mol. The topological polar surface area (TPSA) is 57.4 Å². The van der Waals surface area contributed by atoms with Gasteiger partial charge in [0.05, 0.1) is 38.9 Å². The molecule has 0 amide bonds. The van der Waals surface area contributed by atoms with E-state index in [-0.39, 0.29) is 0 Å². The quantitative estimate of drug-likeness (QED) is 0.199. The van der Waals surface area contributed by atoms with Crippen molar-refractivity contribution >= 4 is 43.6 Å². The predicted molar refractivity (Wildman–Crippen MR) is 195 cm³/mol. The van der Waals surface area contributed by atoms with Gasteiger partial charge in [-0.15, -0.1) is 0 Å². The van der Waals surface area contributed by atoms with Gasteiger partial charge in [-0.3, -0.25) is 0 Å². The summed E-state index contributed by atoms with van der Waals surface area (Å²) < 4.78 is 4.46. The Balaban J connectivity index is 1.33. The number of hydrogen-bond donors (Lipinski definition) is 0. The van der Waals surface area contributed by atoms with E-state index < -0.39 is 0 Å². The van der Waals surface area contributed by atoms with E-state index in [2.05, 4.69) is 143 Å². The van der Waals surface area contributed by atoms with E-state index in [1.807, 2.05) is 18.2 Å². The Morgan fingerprint density at radius 1 is 0.396 bits per heavy atom. The molecule has 7 aromatic carbocycles. The number of fused-ring (bicyclic) bond motifs is 7. The largest absolute Gasteiger partial charge is 0.309 e. The van der Waals surface area contributed by atoms with Crippen LogP contribution in [0.3, 0.4) is 0 Å². The Morgan fingerprint density at radius 3 is 1.67 bits per heavy atom. The standard InChI is InChI=1S/C44H26N4/c45-27-33-13-8-14-34(28-46)43(33)48-39-18-6-4-16-36(39)37-24-25-41-42(44(37)48)38-17-5-7-19-40(38)47(41)35-15-9-12-32(26-35)31-22-20-30(21-23-31)29-10-2-1-3-11-29/h1-26H. The normalized spacial score (nSPS) is 11.3. The van der Waals surface area contributed by atoms with Crippen molar-refractivity contribution in [2.45, 2.75) is 0 Å². The van der Waals surface area contributed by atoms with E-state index in [1.165, 1.54) is 11.1 Å². The van der Waals surface area contributed by atoms with Crippen LogP contribution < -0.4 is 0 Å². The molecule has 0 atom stereocenters. The maximum absolute atomic E-state index is 10.2. The van der Waals surface area contributed by atoms with Gasteiger partial charge < -0.3 is 9.13 Å². The lowest BCUT2D eigenvalue weighted by Crippen LogP contribution is -2.01. The van der Waals surface area contributed by atoms with Crippen LogP contribution in [0.1, 0.15) is 11.1 Å². The molecule has 0 saturated heterocycles. The van der Waals surface area contributed by atoms with Crippen molar-refractivity contribution in [2.75, 3.05) is 0 Å². The fourth-order valence-corrected chi connectivity index (χ4v) is 7.29. The number of benzene rings is 7. The van der Waals surface area contributed by atoms with E-state index in [1.54, 1.807) is 18.2 Å². The second kappa shape index (κ2) is 10.9. The fraction of sp³-hybridized carbons (Fsp3) is 0. The van der Waals surface area contributed by atoms with Gasteiger partial charge in [0.15, 0.2) is 0 Å². The third-order valence-electron chi connectivity index (χ3n) is 9.40. The lowest BCUT2D eigenvalue weighted by Gasteiger charge is -2.13. The van der Waals surface area contributed by atoms with Crippen LogP contribution in [0.2, 0.25) is 0 Å². The zero-order chi connectivity index (χ0) is 32.2. The van der Waals surface area contributed by atoms with Gasteiger partial charge in [0, 0.05) is 27.2 Å². The molecule has 0 aliphatic heterocycles. The first-order valence-corrected chi connectivity index (χ1v) is 15.9. The molecule has 0 saturated carbocycles. The maximum Gasteiger partial charge on any atom is 0.101 e. The van der Waals surface area contributed by atoms with Gasteiger partial charge in [-0.25, -0.2) is 0 Å². The van der Waals surface area contributed by atoms with Crippen LogP contribution >= 0.6 is 0 Å². The molecule has 4 nitrogen and oxygen atoms in total. The Labute approximate surface area is 277 Å². The summed E-state index contributed by atoms with van der Waals surface area (Å²) in [5.74, 6) is 0. The Kier molecular flexibility index (Phi) is 6.22. The van der Waals surface area contributed by atoms with E-state index in [0.29, 0.717) is 16.8 Å². The number of para-hydroxylation sites is 3. The summed E-state index contributed by atoms with van der Waals surface area (Å²) in [4.78, 5) is 0. The first-order chi connectivity index (χ1) is 23.7. The van der Waals surface area contributed by atoms with Crippen LogP contribution in [0.15, 0.2) is 158 Å². The van der Waals surface area contributed by atoms with E-state index in [4.69, 9.17) is 0 Å². The molecule has 0 unspecified atom stereocenters. The summed E-state index contributed by atoms with van der Waals surface area (Å²) in [6, 6.07) is 59.1. The number of hydrogen-bond acceptors (Lipinski definition) is 2. The van der Waals surface area contributed by atoms with E-state index in [0.717, 1.165) is 60.4 Å². The third-order valence-corrected chi connectivity index (χ3v) is 9.40. The van der Waals surface area contributed by atoms with Gasteiger partial charge in [0.2, 0.25) is 0 Å². The molecule has 0 radical (unpaired) electrons. The van der Waals surface area contributed by atoms with Crippen LogP contribution in [0.25, 0.3) is 77.2 Å². The van der Waals surface area contributed by atoms with Crippen molar-refractivity contribution in [3.63, 3.8) is 0 Å².